The Balaban J connectivity index is 1.61. The molecule has 9 heteroatoms. The van der Waals surface area contributed by atoms with E-state index in [-0.39, 0.29) is 16.8 Å². The third-order valence-corrected chi connectivity index (χ3v) is 5.39. The molecule has 3 heterocycles. The maximum absolute atomic E-state index is 13.3. The lowest BCUT2D eigenvalue weighted by Crippen LogP contribution is -2.29. The van der Waals surface area contributed by atoms with Gasteiger partial charge in [0.2, 0.25) is 0 Å². The van der Waals surface area contributed by atoms with Gasteiger partial charge in [0.15, 0.2) is 5.65 Å². The van der Waals surface area contributed by atoms with Crippen LogP contribution in [0.3, 0.4) is 0 Å². The second-order valence-corrected chi connectivity index (χ2v) is 7.47. The summed E-state index contributed by atoms with van der Waals surface area (Å²) in [4.78, 5) is 31.4. The molecule has 1 aliphatic heterocycles. The fraction of sp³-hybridized carbons (Fsp3) is 0.130. The minimum Gasteiger partial charge on any atom is -0.268 e. The summed E-state index contributed by atoms with van der Waals surface area (Å²) in [6.45, 7) is 2.12. The Morgan fingerprint density at radius 3 is 2.44 bits per heavy atom. The summed E-state index contributed by atoms with van der Waals surface area (Å²) >= 11 is 0. The van der Waals surface area contributed by atoms with Gasteiger partial charge in [0, 0.05) is 6.20 Å². The molecule has 1 aliphatic rings. The van der Waals surface area contributed by atoms with Crippen LogP contribution in [-0.4, -0.2) is 26.6 Å². The second kappa shape index (κ2) is 7.01. The molecule has 0 radical (unpaired) electrons. The van der Waals surface area contributed by atoms with Gasteiger partial charge in [0.1, 0.15) is 0 Å². The van der Waals surface area contributed by atoms with Crippen molar-refractivity contribution in [2.45, 2.75) is 19.6 Å². The highest BCUT2D eigenvalue weighted by Crippen LogP contribution is 2.36. The summed E-state index contributed by atoms with van der Waals surface area (Å²) in [5.74, 6) is -1.41. The molecule has 0 saturated heterocycles. The van der Waals surface area contributed by atoms with Crippen LogP contribution in [0, 0.1) is 6.92 Å². The molecule has 32 heavy (non-hydrogen) atoms. The topological polar surface area (TPSA) is 68.1 Å². The molecule has 2 aromatic carbocycles. The highest BCUT2D eigenvalue weighted by molar-refractivity contribution is 6.37. The second-order valence-electron chi connectivity index (χ2n) is 7.47. The van der Waals surface area contributed by atoms with E-state index in [1.54, 1.807) is 11.6 Å². The molecule has 160 valence electrons. The number of anilines is 1. The Morgan fingerprint density at radius 1 is 0.969 bits per heavy atom. The molecule has 0 spiro atoms. The third kappa shape index (κ3) is 3.05. The van der Waals surface area contributed by atoms with E-state index in [0.29, 0.717) is 23.3 Å². The average Bonchev–Trinajstić information content (AvgIpc) is 3.21. The van der Waals surface area contributed by atoms with Gasteiger partial charge in [0.25, 0.3) is 11.8 Å². The van der Waals surface area contributed by atoms with Crippen LogP contribution in [0.2, 0.25) is 0 Å². The molecule has 0 saturated carbocycles. The summed E-state index contributed by atoms with van der Waals surface area (Å²) in [5, 5.41) is 4.91. The molecular formula is C23H15F3N4O2. The van der Waals surface area contributed by atoms with E-state index < -0.39 is 23.6 Å². The van der Waals surface area contributed by atoms with Gasteiger partial charge in [-0.1, -0.05) is 36.4 Å². The number of hydrogen-bond acceptors (Lipinski definition) is 4. The van der Waals surface area contributed by atoms with Crippen LogP contribution in [0.4, 0.5) is 18.9 Å². The number of benzene rings is 2. The van der Waals surface area contributed by atoms with Crippen molar-refractivity contribution in [3.63, 3.8) is 0 Å². The normalized spacial score (nSPS) is 13.8. The number of carbonyl (C=O) groups excluding carboxylic acids is 2. The number of hydrogen-bond donors (Lipinski definition) is 0. The van der Waals surface area contributed by atoms with Gasteiger partial charge >= 0.3 is 6.18 Å². The number of imide groups is 1. The third-order valence-electron chi connectivity index (χ3n) is 5.39. The van der Waals surface area contributed by atoms with E-state index in [0.717, 1.165) is 22.6 Å². The quantitative estimate of drug-likeness (QED) is 0.440. The van der Waals surface area contributed by atoms with Crippen molar-refractivity contribution in [2.75, 3.05) is 4.90 Å². The minimum absolute atomic E-state index is 0.0438. The molecule has 0 bridgehead atoms. The van der Waals surface area contributed by atoms with Gasteiger partial charge in [-0.3, -0.25) is 9.59 Å². The first-order valence-electron chi connectivity index (χ1n) is 9.72. The van der Waals surface area contributed by atoms with E-state index in [2.05, 4.69) is 10.1 Å². The lowest BCUT2D eigenvalue weighted by molar-refractivity contribution is -0.137. The maximum Gasteiger partial charge on any atom is 0.416 e. The summed E-state index contributed by atoms with van der Waals surface area (Å²) in [6, 6.07) is 13.7. The van der Waals surface area contributed by atoms with Crippen LogP contribution in [-0.2, 0) is 12.7 Å². The monoisotopic (exact) mass is 436 g/mol. The molecule has 0 unspecified atom stereocenters. The first kappa shape index (κ1) is 19.9. The minimum atomic E-state index is -4.60. The molecule has 4 aromatic rings. The predicted octanol–water partition coefficient (Wildman–Crippen LogP) is 4.61. The summed E-state index contributed by atoms with van der Waals surface area (Å²) < 4.78 is 41.1. The Bertz CT molecular complexity index is 1390. The zero-order valence-corrected chi connectivity index (χ0v) is 16.7. The van der Waals surface area contributed by atoms with Gasteiger partial charge in [-0.15, -0.1) is 0 Å². The molecule has 5 rings (SSSR count). The highest BCUT2D eigenvalue weighted by Gasteiger charge is 2.41. The standard InChI is InChI=1S/C23H15F3N4O2/c1-13-18-19-17(11-27-20(18)29(28-13)12-14-6-3-2-4-7-14)21(31)30(22(19)32)16-9-5-8-15(10-16)23(24,25)26/h2-11H,12H2,1H3. The first-order valence-corrected chi connectivity index (χ1v) is 9.72. The Kier molecular flexibility index (Phi) is 4.37. The molecule has 0 atom stereocenters. The molecule has 0 aliphatic carbocycles. The van der Waals surface area contributed by atoms with Gasteiger partial charge in [-0.05, 0) is 30.7 Å². The zero-order valence-electron chi connectivity index (χ0n) is 16.7. The van der Waals surface area contributed by atoms with Crippen LogP contribution < -0.4 is 4.90 Å². The van der Waals surface area contributed by atoms with Crippen LogP contribution in [0.15, 0.2) is 60.8 Å². The fourth-order valence-corrected chi connectivity index (χ4v) is 3.95. The largest absolute Gasteiger partial charge is 0.416 e. The van der Waals surface area contributed by atoms with Crippen LogP contribution >= 0.6 is 0 Å². The van der Waals surface area contributed by atoms with E-state index >= 15 is 0 Å². The number of aryl methyl sites for hydroxylation is 1. The molecule has 0 fully saturated rings. The van der Waals surface area contributed by atoms with Gasteiger partial charge in [-0.2, -0.15) is 18.3 Å². The van der Waals surface area contributed by atoms with E-state index in [1.807, 2.05) is 30.3 Å². The molecule has 6 nitrogen and oxygen atoms in total. The lowest BCUT2D eigenvalue weighted by atomic mass is 10.1. The van der Waals surface area contributed by atoms with Crippen molar-refractivity contribution in [3.05, 3.63) is 88.7 Å². The number of amides is 2. The number of nitrogens with zero attached hydrogens (tertiary/aromatic N) is 4. The van der Waals surface area contributed by atoms with Gasteiger partial charge in [0.05, 0.1) is 40.0 Å². The van der Waals surface area contributed by atoms with Crippen LogP contribution in [0.1, 0.15) is 37.5 Å². The van der Waals surface area contributed by atoms with Crippen molar-refractivity contribution in [2.24, 2.45) is 0 Å². The lowest BCUT2D eigenvalue weighted by Gasteiger charge is -2.16. The van der Waals surface area contributed by atoms with Crippen molar-refractivity contribution in [1.82, 2.24) is 14.8 Å². The summed E-state index contributed by atoms with van der Waals surface area (Å²) in [6.07, 6.45) is -3.31. The smallest absolute Gasteiger partial charge is 0.268 e. The number of carbonyl (C=O) groups is 2. The van der Waals surface area contributed by atoms with Crippen LogP contribution in [0.5, 0.6) is 0 Å². The average molecular weight is 436 g/mol. The van der Waals surface area contributed by atoms with E-state index in [9.17, 15) is 22.8 Å². The first-order chi connectivity index (χ1) is 15.3. The van der Waals surface area contributed by atoms with Crippen molar-refractivity contribution < 1.29 is 22.8 Å². The SMILES string of the molecule is Cc1nn(Cc2ccccc2)c2ncc3c(c12)C(=O)N(c1cccc(C(F)(F)F)c1)C3=O. The molecule has 2 amide bonds. The number of halogens is 3. The Labute approximate surface area is 179 Å². The Morgan fingerprint density at radius 2 is 1.72 bits per heavy atom. The highest BCUT2D eigenvalue weighted by atomic mass is 19.4. The number of rotatable bonds is 3. The van der Waals surface area contributed by atoms with E-state index in [4.69, 9.17) is 0 Å². The number of alkyl halides is 3. The van der Waals surface area contributed by atoms with Gasteiger partial charge in [-0.25, -0.2) is 14.6 Å². The summed E-state index contributed by atoms with van der Waals surface area (Å²) in [7, 11) is 0. The maximum atomic E-state index is 13.3. The Hall–Kier alpha value is -4.01. The molecular weight excluding hydrogens is 421 g/mol. The number of fused-ring (bicyclic) bond motifs is 3. The molecule has 2 aromatic heterocycles. The summed E-state index contributed by atoms with van der Waals surface area (Å²) in [5.41, 5.74) is 0.975. The van der Waals surface area contributed by atoms with Crippen LogP contribution in [0.25, 0.3) is 11.0 Å². The van der Waals surface area contributed by atoms with Crippen molar-refractivity contribution in [3.8, 4) is 0 Å². The van der Waals surface area contributed by atoms with Crippen molar-refractivity contribution >= 4 is 28.5 Å². The van der Waals surface area contributed by atoms with E-state index in [1.165, 1.54) is 18.3 Å². The molecule has 0 N–H and O–H groups in total. The predicted molar refractivity (Wildman–Crippen MR) is 110 cm³/mol. The fourth-order valence-electron chi connectivity index (χ4n) is 3.95. The number of aromatic nitrogens is 3. The zero-order chi connectivity index (χ0) is 22.6. The van der Waals surface area contributed by atoms with Gasteiger partial charge < -0.3 is 0 Å². The van der Waals surface area contributed by atoms with Crippen molar-refractivity contribution in [1.29, 1.82) is 0 Å². The number of pyridine rings is 1.